The van der Waals surface area contributed by atoms with E-state index in [4.69, 9.17) is 22.4 Å². The van der Waals surface area contributed by atoms with E-state index in [1.165, 1.54) is 22.7 Å². The van der Waals surface area contributed by atoms with Gasteiger partial charge in [-0.1, -0.05) is 12.1 Å². The van der Waals surface area contributed by atoms with Crippen molar-refractivity contribution in [2.45, 2.75) is 48.8 Å². The number of quaternary nitrogens is 1. The van der Waals surface area contributed by atoms with E-state index >= 15 is 0 Å². The predicted molar refractivity (Wildman–Crippen MR) is 129 cm³/mol. The summed E-state index contributed by atoms with van der Waals surface area (Å²) < 4.78 is 39.9. The van der Waals surface area contributed by atoms with Gasteiger partial charge in [0.15, 0.2) is 0 Å². The lowest BCUT2D eigenvalue weighted by Crippen LogP contribution is -2.60. The summed E-state index contributed by atoms with van der Waals surface area (Å²) in [6.07, 6.45) is 2.65. The molecule has 33 heavy (non-hydrogen) atoms. The topological polar surface area (TPSA) is 148 Å². The lowest BCUT2D eigenvalue weighted by Gasteiger charge is -2.45. The molecule has 13 heteroatoms. The molecule has 3 saturated heterocycles. The molecule has 3 aliphatic heterocycles. The average molecular weight is 587 g/mol. The molecule has 0 amide bonds. The molecule has 186 valence electrons. The Balaban J connectivity index is 0.000000502. The summed E-state index contributed by atoms with van der Waals surface area (Å²) in [5.74, 6) is -0.561. The highest BCUT2D eigenvalue weighted by atomic mass is 79.9. The molecule has 5 heterocycles. The zero-order valence-corrected chi connectivity index (χ0v) is 22.4. The third-order valence-corrected chi connectivity index (χ3v) is 8.32. The summed E-state index contributed by atoms with van der Waals surface area (Å²) >= 11 is 2.74. The van der Waals surface area contributed by atoms with Gasteiger partial charge in [-0.15, -0.1) is 39.7 Å². The van der Waals surface area contributed by atoms with Crippen molar-refractivity contribution in [2.24, 2.45) is 0 Å². The number of carbonyl (C=O) groups excluding carboxylic acids is 1. The second-order valence-electron chi connectivity index (χ2n) is 8.70. The van der Waals surface area contributed by atoms with Gasteiger partial charge in [-0.2, -0.15) is 0 Å². The number of halogens is 1. The van der Waals surface area contributed by atoms with Gasteiger partial charge in [-0.05, 0) is 22.9 Å². The van der Waals surface area contributed by atoms with E-state index in [9.17, 15) is 9.90 Å². The normalized spacial score (nSPS) is 28.8. The summed E-state index contributed by atoms with van der Waals surface area (Å²) in [7, 11) is 0.576. The number of piperidine rings is 1. The van der Waals surface area contributed by atoms with Crippen LogP contribution in [0.5, 0.6) is 0 Å². The third kappa shape index (κ3) is 5.52. The van der Waals surface area contributed by atoms with Gasteiger partial charge in [0.05, 0.1) is 34.0 Å². The largest absolute Gasteiger partial charge is 0.748 e. The first-order chi connectivity index (χ1) is 14.4. The smallest absolute Gasteiger partial charge is 0.349 e. The van der Waals surface area contributed by atoms with Crippen molar-refractivity contribution in [2.75, 3.05) is 20.4 Å². The number of rotatable bonds is 4. The van der Waals surface area contributed by atoms with E-state index in [-0.39, 0.29) is 28.6 Å². The number of fused-ring (bicyclic) bond motifs is 5. The van der Waals surface area contributed by atoms with Gasteiger partial charge < -0.3 is 29.1 Å². The van der Waals surface area contributed by atoms with Crippen LogP contribution >= 0.6 is 39.7 Å². The number of epoxide rings is 1. The Morgan fingerprint density at radius 2 is 1.58 bits per heavy atom. The third-order valence-electron chi connectivity index (χ3n) is 6.36. The van der Waals surface area contributed by atoms with E-state index in [1.807, 2.05) is 22.9 Å². The number of thiophene rings is 2. The van der Waals surface area contributed by atoms with Crippen LogP contribution in [-0.4, -0.2) is 84.8 Å². The highest BCUT2D eigenvalue weighted by Crippen LogP contribution is 2.52. The predicted octanol–water partition coefficient (Wildman–Crippen LogP) is 1.26. The van der Waals surface area contributed by atoms with Gasteiger partial charge in [0.2, 0.25) is 5.60 Å². The van der Waals surface area contributed by atoms with Crippen LogP contribution in [0.1, 0.15) is 22.6 Å². The molecule has 3 aliphatic rings. The monoisotopic (exact) mass is 585 g/mol. The molecule has 3 N–H and O–H groups in total. The van der Waals surface area contributed by atoms with Crippen LogP contribution in [0, 0.1) is 0 Å². The van der Waals surface area contributed by atoms with Crippen molar-refractivity contribution >= 4 is 55.7 Å². The van der Waals surface area contributed by atoms with E-state index in [0.29, 0.717) is 40.3 Å². The first kappa shape index (κ1) is 28.3. The van der Waals surface area contributed by atoms with Gasteiger partial charge >= 0.3 is 5.97 Å². The van der Waals surface area contributed by atoms with Crippen molar-refractivity contribution in [1.29, 1.82) is 0 Å². The molecule has 1 unspecified atom stereocenters. The number of likely N-dealkylation sites (N-methyl/N-ethyl adjacent to an activating group) is 1. The van der Waals surface area contributed by atoms with Crippen molar-refractivity contribution in [3.63, 3.8) is 0 Å². The molecule has 0 saturated carbocycles. The molecule has 3 fully saturated rings. The van der Waals surface area contributed by atoms with Crippen LogP contribution in [0.3, 0.4) is 0 Å². The Morgan fingerprint density at radius 3 is 1.94 bits per heavy atom. The molecule has 5 atom stereocenters. The number of ether oxygens (including phenoxy) is 2. The highest BCUT2D eigenvalue weighted by molar-refractivity contribution is 8.93. The van der Waals surface area contributed by atoms with Crippen LogP contribution in [0.2, 0.25) is 0 Å². The van der Waals surface area contributed by atoms with Crippen molar-refractivity contribution in [3.8, 4) is 0 Å². The average Bonchev–Trinajstić information content (AvgIpc) is 3.01. The van der Waals surface area contributed by atoms with Crippen LogP contribution < -0.4 is 0 Å². The molecular formula is C20H28BrNO8S3. The summed E-state index contributed by atoms with van der Waals surface area (Å²) in [5, 5.41) is 15.1. The molecule has 2 aromatic rings. The summed E-state index contributed by atoms with van der Waals surface area (Å²) in [6, 6.07) is 8.01. The SMILES string of the molecule is Br.CS(=O)(=O)[O-].C[N+]1(C)[C@@H]2CC(OC(=O)C(O)(c3cccs3)c3cccs3)C[C@H]1[C@@H]1O[C@@H]12.O. The quantitative estimate of drug-likeness (QED) is 0.246. The first-order valence-corrected chi connectivity index (χ1v) is 13.4. The van der Waals surface area contributed by atoms with Crippen molar-refractivity contribution < 1.29 is 42.3 Å². The van der Waals surface area contributed by atoms with Gasteiger partial charge in [-0.25, -0.2) is 13.2 Å². The number of hydrogen-bond acceptors (Lipinski definition) is 9. The fourth-order valence-corrected chi connectivity index (χ4v) is 6.54. The summed E-state index contributed by atoms with van der Waals surface area (Å²) in [4.78, 5) is 14.3. The Labute approximate surface area is 211 Å². The fraction of sp³-hybridized carbons (Fsp3) is 0.550. The van der Waals surface area contributed by atoms with Crippen molar-refractivity contribution in [1.82, 2.24) is 0 Å². The maximum absolute atomic E-state index is 13.1. The number of esters is 1. The lowest BCUT2D eigenvalue weighted by atomic mass is 9.95. The molecule has 0 aromatic carbocycles. The second-order valence-corrected chi connectivity index (χ2v) is 12.0. The fourth-order valence-electron chi connectivity index (χ4n) is 4.83. The minimum atomic E-state index is -3.92. The van der Waals surface area contributed by atoms with E-state index in [1.54, 1.807) is 12.1 Å². The summed E-state index contributed by atoms with van der Waals surface area (Å²) in [5.41, 5.74) is -1.72. The number of hydrogen-bond donors (Lipinski definition) is 1. The van der Waals surface area contributed by atoms with Crippen molar-refractivity contribution in [3.05, 3.63) is 44.8 Å². The maximum Gasteiger partial charge on any atom is 0.349 e. The molecule has 5 rings (SSSR count). The van der Waals surface area contributed by atoms with Crippen LogP contribution in [0.15, 0.2) is 35.0 Å². The Hall–Kier alpha value is -0.900. The number of aliphatic hydroxyl groups is 1. The second kappa shape index (κ2) is 9.99. The van der Waals surface area contributed by atoms with Crippen LogP contribution in [-0.2, 0) is 30.0 Å². The number of nitrogens with zero attached hydrogens (tertiary/aromatic N) is 1. The highest BCUT2D eigenvalue weighted by Gasteiger charge is 2.71. The zero-order valence-electron chi connectivity index (χ0n) is 18.2. The molecule has 0 radical (unpaired) electrons. The number of carbonyl (C=O) groups is 1. The minimum Gasteiger partial charge on any atom is -0.748 e. The lowest BCUT2D eigenvalue weighted by molar-refractivity contribution is -0.938. The zero-order chi connectivity index (χ0) is 22.6. The van der Waals surface area contributed by atoms with Crippen LogP contribution in [0.25, 0.3) is 0 Å². The van der Waals surface area contributed by atoms with Crippen LogP contribution in [0.4, 0.5) is 0 Å². The molecule has 9 nitrogen and oxygen atoms in total. The van der Waals surface area contributed by atoms with E-state index < -0.39 is 21.7 Å². The van der Waals surface area contributed by atoms with E-state index in [2.05, 4.69) is 14.1 Å². The standard InChI is InChI=1S/C19H22NO4S2.CH4O3S.BrH.H2O/c1-20(2)12-9-11(10-13(20)17-16(12)24-17)23-18(21)19(22,14-5-3-7-25-14)15-6-4-8-26-15;1-5(2,3)4;;/h3-8,11-13,16-17,22H,9-10H2,1-2H3;1H3,(H,2,3,4);1H;1H2/q+1;;;/p-1/t11?,12-,13+,16-,17+;;;. The molecule has 2 bridgehead atoms. The Morgan fingerprint density at radius 1 is 1.15 bits per heavy atom. The number of morpholine rings is 1. The molecule has 0 spiro atoms. The van der Waals surface area contributed by atoms with Gasteiger partial charge in [0.25, 0.3) is 0 Å². The summed E-state index contributed by atoms with van der Waals surface area (Å²) in [6.45, 7) is 0. The molecule has 2 aromatic heterocycles. The molecular weight excluding hydrogens is 558 g/mol. The van der Waals surface area contributed by atoms with Gasteiger partial charge in [-0.3, -0.25) is 0 Å². The Kier molecular flexibility index (Phi) is 8.58. The minimum absolute atomic E-state index is 0. The van der Waals surface area contributed by atoms with Gasteiger partial charge in [0, 0.05) is 19.1 Å². The maximum atomic E-state index is 13.1. The van der Waals surface area contributed by atoms with Gasteiger partial charge in [0.1, 0.15) is 30.4 Å². The first-order valence-electron chi connectivity index (χ1n) is 9.83. The van der Waals surface area contributed by atoms with E-state index in [0.717, 1.165) is 17.3 Å². The Bertz CT molecular complexity index is 979. The molecule has 0 aliphatic carbocycles.